The summed E-state index contributed by atoms with van der Waals surface area (Å²) in [6.45, 7) is 1.41. The van der Waals surface area contributed by atoms with Gasteiger partial charge >= 0.3 is 0 Å². The molecular formula is C21H23FN4O3. The van der Waals surface area contributed by atoms with Gasteiger partial charge in [0.15, 0.2) is 0 Å². The lowest BCUT2D eigenvalue weighted by molar-refractivity contribution is -0.121. The molecular weight excluding hydrogens is 375 g/mol. The highest BCUT2D eigenvalue weighted by Crippen LogP contribution is 2.21. The van der Waals surface area contributed by atoms with Gasteiger partial charge in [-0.25, -0.2) is 4.39 Å². The average Bonchev–Trinajstić information content (AvgIpc) is 2.70. The number of hydrogen-bond donors (Lipinski definition) is 3. The van der Waals surface area contributed by atoms with Gasteiger partial charge < -0.3 is 16.4 Å². The Hall–Kier alpha value is -3.26. The van der Waals surface area contributed by atoms with Crippen LogP contribution in [0.5, 0.6) is 0 Å². The highest BCUT2D eigenvalue weighted by molar-refractivity contribution is 6.03. The first-order valence-corrected chi connectivity index (χ1v) is 9.40. The van der Waals surface area contributed by atoms with Gasteiger partial charge in [-0.3, -0.25) is 19.3 Å². The first-order valence-electron chi connectivity index (χ1n) is 9.40. The second-order valence-electron chi connectivity index (χ2n) is 7.00. The molecule has 0 aliphatic carbocycles. The van der Waals surface area contributed by atoms with Crippen molar-refractivity contribution < 1.29 is 18.8 Å². The Balaban J connectivity index is 1.47. The highest BCUT2D eigenvalue weighted by atomic mass is 19.1. The lowest BCUT2D eigenvalue weighted by Crippen LogP contribution is -2.41. The molecule has 0 radical (unpaired) electrons. The van der Waals surface area contributed by atoms with Crippen LogP contribution in [-0.4, -0.2) is 42.3 Å². The van der Waals surface area contributed by atoms with Crippen LogP contribution in [0.1, 0.15) is 23.2 Å². The van der Waals surface area contributed by atoms with Crippen LogP contribution in [0.3, 0.4) is 0 Å². The molecule has 0 aromatic heterocycles. The normalized spacial score (nSPS) is 14.9. The summed E-state index contributed by atoms with van der Waals surface area (Å²) in [5.74, 6) is -1.50. The van der Waals surface area contributed by atoms with Crippen LogP contribution in [0, 0.1) is 11.7 Å². The predicted molar refractivity (Wildman–Crippen MR) is 108 cm³/mol. The van der Waals surface area contributed by atoms with Gasteiger partial charge in [-0.2, -0.15) is 0 Å². The van der Waals surface area contributed by atoms with Gasteiger partial charge in [-0.05, 0) is 62.3 Å². The molecule has 3 amide bonds. The van der Waals surface area contributed by atoms with Gasteiger partial charge in [0.2, 0.25) is 11.8 Å². The Kier molecular flexibility index (Phi) is 6.56. The summed E-state index contributed by atoms with van der Waals surface area (Å²) in [6.07, 6.45) is 1.21. The van der Waals surface area contributed by atoms with Crippen molar-refractivity contribution in [3.05, 3.63) is 59.9 Å². The van der Waals surface area contributed by atoms with Crippen molar-refractivity contribution in [2.45, 2.75) is 12.8 Å². The zero-order valence-corrected chi connectivity index (χ0v) is 15.9. The Morgan fingerprint density at radius 2 is 1.66 bits per heavy atom. The molecule has 29 heavy (non-hydrogen) atoms. The molecule has 7 nitrogen and oxygen atoms in total. The molecule has 0 spiro atoms. The molecule has 4 N–H and O–H groups in total. The number of benzene rings is 2. The standard InChI is InChI=1S/C21H23FN4O3/c22-15-5-7-16(8-6-15)24-19(27)13-26-11-9-14(10-12-26)21(29)25-18-4-2-1-3-17(18)20(23)28/h1-8,14H,9-13H2,(H2,23,28)(H,24,27)(H,25,29). The number of nitrogens with two attached hydrogens (primary N) is 1. The van der Waals surface area contributed by atoms with Crippen LogP contribution in [0.25, 0.3) is 0 Å². The van der Waals surface area contributed by atoms with E-state index in [1.54, 1.807) is 24.3 Å². The van der Waals surface area contributed by atoms with E-state index in [0.29, 0.717) is 37.3 Å². The number of likely N-dealkylation sites (tertiary alicyclic amines) is 1. The second-order valence-corrected chi connectivity index (χ2v) is 7.00. The van der Waals surface area contributed by atoms with E-state index < -0.39 is 5.91 Å². The van der Waals surface area contributed by atoms with E-state index >= 15 is 0 Å². The zero-order chi connectivity index (χ0) is 20.8. The number of amides is 3. The minimum Gasteiger partial charge on any atom is -0.366 e. The van der Waals surface area contributed by atoms with E-state index in [9.17, 15) is 18.8 Å². The second kappa shape index (κ2) is 9.29. The topological polar surface area (TPSA) is 105 Å². The number of primary amides is 1. The molecule has 1 saturated heterocycles. The molecule has 2 aromatic carbocycles. The summed E-state index contributed by atoms with van der Waals surface area (Å²) in [5.41, 5.74) is 6.57. The number of carbonyl (C=O) groups is 3. The summed E-state index contributed by atoms with van der Waals surface area (Å²) < 4.78 is 12.9. The van der Waals surface area contributed by atoms with Crippen LogP contribution in [0.2, 0.25) is 0 Å². The predicted octanol–water partition coefficient (Wildman–Crippen LogP) is 2.21. The van der Waals surface area contributed by atoms with Crippen LogP contribution in [0.15, 0.2) is 48.5 Å². The van der Waals surface area contributed by atoms with Crippen LogP contribution >= 0.6 is 0 Å². The van der Waals surface area contributed by atoms with Gasteiger partial charge in [0, 0.05) is 11.6 Å². The van der Waals surface area contributed by atoms with Crippen LogP contribution in [-0.2, 0) is 9.59 Å². The lowest BCUT2D eigenvalue weighted by atomic mass is 9.95. The fourth-order valence-electron chi connectivity index (χ4n) is 3.33. The molecule has 0 saturated carbocycles. The van der Waals surface area contributed by atoms with E-state index in [0.717, 1.165) is 0 Å². The molecule has 0 atom stereocenters. The minimum absolute atomic E-state index is 0.158. The molecule has 152 valence electrons. The van der Waals surface area contributed by atoms with E-state index in [1.807, 2.05) is 4.90 Å². The number of carbonyl (C=O) groups excluding carboxylic acids is 3. The molecule has 1 fully saturated rings. The van der Waals surface area contributed by atoms with Gasteiger partial charge in [-0.1, -0.05) is 12.1 Å². The molecule has 0 bridgehead atoms. The first-order chi connectivity index (χ1) is 13.9. The third kappa shape index (κ3) is 5.61. The highest BCUT2D eigenvalue weighted by Gasteiger charge is 2.26. The third-order valence-corrected chi connectivity index (χ3v) is 4.90. The van der Waals surface area contributed by atoms with E-state index in [2.05, 4.69) is 10.6 Å². The van der Waals surface area contributed by atoms with Crippen molar-refractivity contribution in [1.82, 2.24) is 4.90 Å². The molecule has 1 aliphatic heterocycles. The average molecular weight is 398 g/mol. The third-order valence-electron chi connectivity index (χ3n) is 4.90. The van der Waals surface area contributed by atoms with Crippen LogP contribution < -0.4 is 16.4 Å². The zero-order valence-electron chi connectivity index (χ0n) is 15.9. The largest absolute Gasteiger partial charge is 0.366 e. The maximum atomic E-state index is 12.9. The van der Waals surface area contributed by atoms with Gasteiger partial charge in [0.25, 0.3) is 5.91 Å². The number of rotatable bonds is 6. The van der Waals surface area contributed by atoms with Crippen molar-refractivity contribution in [2.75, 3.05) is 30.3 Å². The molecule has 3 rings (SSSR count). The van der Waals surface area contributed by atoms with Gasteiger partial charge in [0.1, 0.15) is 5.82 Å². The van der Waals surface area contributed by atoms with Crippen molar-refractivity contribution in [1.29, 1.82) is 0 Å². The Bertz CT molecular complexity index is 893. The van der Waals surface area contributed by atoms with Crippen LogP contribution in [0.4, 0.5) is 15.8 Å². The smallest absolute Gasteiger partial charge is 0.250 e. The van der Waals surface area contributed by atoms with E-state index in [1.165, 1.54) is 24.3 Å². The molecule has 1 heterocycles. The fraction of sp³-hybridized carbons (Fsp3) is 0.286. The summed E-state index contributed by atoms with van der Waals surface area (Å²) in [5, 5.41) is 5.52. The van der Waals surface area contributed by atoms with E-state index in [4.69, 9.17) is 5.73 Å². The maximum Gasteiger partial charge on any atom is 0.250 e. The molecule has 2 aromatic rings. The van der Waals surface area contributed by atoms with E-state index in [-0.39, 0.29) is 35.7 Å². The number of anilines is 2. The Morgan fingerprint density at radius 1 is 1.00 bits per heavy atom. The fourth-order valence-corrected chi connectivity index (χ4v) is 3.33. The first kappa shape index (κ1) is 20.5. The Labute approximate surface area is 168 Å². The minimum atomic E-state index is -0.595. The summed E-state index contributed by atoms with van der Waals surface area (Å²) in [7, 11) is 0. The number of piperidine rings is 1. The Morgan fingerprint density at radius 3 is 2.31 bits per heavy atom. The molecule has 8 heteroatoms. The number of nitrogens with one attached hydrogen (secondary N) is 2. The molecule has 1 aliphatic rings. The quantitative estimate of drug-likeness (QED) is 0.694. The molecule has 0 unspecified atom stereocenters. The van der Waals surface area contributed by atoms with Crippen molar-refractivity contribution >= 4 is 29.1 Å². The summed E-state index contributed by atoms with van der Waals surface area (Å²) in [6, 6.07) is 12.2. The monoisotopic (exact) mass is 398 g/mol. The van der Waals surface area contributed by atoms with Crippen molar-refractivity contribution in [2.24, 2.45) is 11.7 Å². The number of nitrogens with zero attached hydrogens (tertiary/aromatic N) is 1. The van der Waals surface area contributed by atoms with Gasteiger partial charge in [-0.15, -0.1) is 0 Å². The SMILES string of the molecule is NC(=O)c1ccccc1NC(=O)C1CCN(CC(=O)Nc2ccc(F)cc2)CC1. The summed E-state index contributed by atoms with van der Waals surface area (Å²) >= 11 is 0. The van der Waals surface area contributed by atoms with Gasteiger partial charge in [0.05, 0.1) is 17.8 Å². The van der Waals surface area contributed by atoms with Crippen molar-refractivity contribution in [3.8, 4) is 0 Å². The summed E-state index contributed by atoms with van der Waals surface area (Å²) in [4.78, 5) is 38.2. The van der Waals surface area contributed by atoms with Crippen molar-refractivity contribution in [3.63, 3.8) is 0 Å². The number of halogens is 1. The lowest BCUT2D eigenvalue weighted by Gasteiger charge is -2.30. The number of para-hydroxylation sites is 1. The maximum absolute atomic E-state index is 12.9. The number of hydrogen-bond acceptors (Lipinski definition) is 4.